The van der Waals surface area contributed by atoms with Crippen LogP contribution in [0, 0.1) is 11.8 Å². The predicted molar refractivity (Wildman–Crippen MR) is 174 cm³/mol. The molecule has 3 aromatic carbocycles. The fourth-order valence-corrected chi connectivity index (χ4v) is 8.05. The Balaban J connectivity index is 1.14. The molecule has 2 saturated carbocycles. The Morgan fingerprint density at radius 1 is 1.04 bits per heavy atom. The van der Waals surface area contributed by atoms with E-state index in [1.165, 1.54) is 18.4 Å². The van der Waals surface area contributed by atoms with Crippen LogP contribution in [-0.2, 0) is 24.8 Å². The number of rotatable bonds is 6. The monoisotopic (exact) mass is 600 g/mol. The maximum Gasteiger partial charge on any atom is 0.254 e. The van der Waals surface area contributed by atoms with E-state index in [0.29, 0.717) is 29.6 Å². The van der Waals surface area contributed by atoms with Crippen molar-refractivity contribution in [2.45, 2.75) is 50.7 Å². The summed E-state index contributed by atoms with van der Waals surface area (Å²) in [6.07, 6.45) is 4.96. The number of nitrogens with two attached hydrogens (primary N) is 1. The Kier molecular flexibility index (Phi) is 5.75. The fraction of sp³-hybridized carbons (Fsp3) is 0.361. The van der Waals surface area contributed by atoms with Crippen molar-refractivity contribution in [2.24, 2.45) is 24.6 Å². The number of aryl methyl sites for hydroxylation is 1. The van der Waals surface area contributed by atoms with Gasteiger partial charge in [-0.3, -0.25) is 9.59 Å². The van der Waals surface area contributed by atoms with E-state index in [-0.39, 0.29) is 23.9 Å². The molecule has 228 valence electrons. The van der Waals surface area contributed by atoms with Crippen LogP contribution in [-0.4, -0.2) is 56.6 Å². The van der Waals surface area contributed by atoms with Gasteiger partial charge in [-0.05, 0) is 90.6 Å². The summed E-state index contributed by atoms with van der Waals surface area (Å²) in [6.45, 7) is 1.65. The van der Waals surface area contributed by atoms with Gasteiger partial charge in [0.15, 0.2) is 5.82 Å². The van der Waals surface area contributed by atoms with Gasteiger partial charge in [-0.2, -0.15) is 0 Å². The van der Waals surface area contributed by atoms with Gasteiger partial charge in [-0.25, -0.2) is 4.98 Å². The van der Waals surface area contributed by atoms with E-state index >= 15 is 0 Å². The zero-order chi connectivity index (χ0) is 30.6. The number of imidazole rings is 1. The summed E-state index contributed by atoms with van der Waals surface area (Å²) < 4.78 is 10.4. The van der Waals surface area contributed by atoms with Crippen molar-refractivity contribution in [1.29, 1.82) is 0 Å². The number of hydrogen-bond donors (Lipinski definition) is 2. The molecule has 45 heavy (non-hydrogen) atoms. The lowest BCUT2D eigenvalue weighted by molar-refractivity contribution is -0.115. The summed E-state index contributed by atoms with van der Waals surface area (Å²) in [6, 6.07) is 19.0. The van der Waals surface area contributed by atoms with Gasteiger partial charge in [0.2, 0.25) is 5.91 Å². The number of anilines is 1. The van der Waals surface area contributed by atoms with E-state index < -0.39 is 0 Å². The van der Waals surface area contributed by atoms with Crippen molar-refractivity contribution in [3.05, 3.63) is 65.7 Å². The van der Waals surface area contributed by atoms with E-state index in [9.17, 15) is 9.59 Å². The smallest absolute Gasteiger partial charge is 0.254 e. The highest BCUT2D eigenvalue weighted by Gasteiger charge is 2.47. The number of methoxy groups -OCH3 is 1. The number of carbonyl (C=O) groups excluding carboxylic acids is 2. The lowest BCUT2D eigenvalue weighted by Gasteiger charge is -2.27. The molecule has 4 aliphatic rings. The second-order valence-corrected chi connectivity index (χ2v) is 13.4. The zero-order valence-corrected chi connectivity index (χ0v) is 25.5. The SMILES string of the molecule is COc1cc(C(=O)N2CC3CCC2[C@@H]3N)cc2nc(-c3cc4ccc(-c5ccc6c(c5)CC(=O)N6)cc4n3CC3CC3)n(C)c12. The quantitative estimate of drug-likeness (QED) is 0.274. The first-order valence-electron chi connectivity index (χ1n) is 16.0. The minimum absolute atomic E-state index is 0.00660. The first kappa shape index (κ1) is 26.7. The molecule has 2 aliphatic heterocycles. The molecule has 0 spiro atoms. The maximum atomic E-state index is 13.7. The number of piperidine rings is 1. The largest absolute Gasteiger partial charge is 0.494 e. The summed E-state index contributed by atoms with van der Waals surface area (Å²) in [7, 11) is 3.68. The third-order valence-electron chi connectivity index (χ3n) is 10.7. The van der Waals surface area contributed by atoms with E-state index in [4.69, 9.17) is 15.5 Å². The Bertz CT molecular complexity index is 2070. The second kappa shape index (κ2) is 9.68. The number of aromatic nitrogens is 3. The third-order valence-corrected chi connectivity index (χ3v) is 10.7. The van der Waals surface area contributed by atoms with Gasteiger partial charge >= 0.3 is 0 Å². The van der Waals surface area contributed by atoms with Crippen LogP contribution in [0.2, 0.25) is 0 Å². The van der Waals surface area contributed by atoms with Crippen molar-refractivity contribution in [1.82, 2.24) is 19.0 Å². The molecule has 2 unspecified atom stereocenters. The summed E-state index contributed by atoms with van der Waals surface area (Å²) in [5, 5.41) is 4.09. The van der Waals surface area contributed by atoms with Crippen LogP contribution >= 0.6 is 0 Å². The lowest BCUT2D eigenvalue weighted by atomic mass is 10.0. The van der Waals surface area contributed by atoms with E-state index in [0.717, 1.165) is 76.2 Å². The second-order valence-electron chi connectivity index (χ2n) is 13.4. The summed E-state index contributed by atoms with van der Waals surface area (Å²) >= 11 is 0. The van der Waals surface area contributed by atoms with Crippen LogP contribution in [0.4, 0.5) is 5.69 Å². The molecule has 9 nitrogen and oxygen atoms in total. The van der Waals surface area contributed by atoms with Crippen molar-refractivity contribution >= 4 is 39.4 Å². The minimum atomic E-state index is 0.00660. The van der Waals surface area contributed by atoms with Crippen molar-refractivity contribution in [2.75, 3.05) is 19.0 Å². The number of benzene rings is 3. The van der Waals surface area contributed by atoms with Gasteiger partial charge in [-0.15, -0.1) is 0 Å². The highest BCUT2D eigenvalue weighted by Crippen LogP contribution is 2.41. The Labute approximate surface area is 261 Å². The van der Waals surface area contributed by atoms with Crippen LogP contribution < -0.4 is 15.8 Å². The molecule has 3 atom stereocenters. The summed E-state index contributed by atoms with van der Waals surface area (Å²) in [4.78, 5) is 32.8. The van der Waals surface area contributed by atoms with Crippen LogP contribution in [0.1, 0.15) is 41.6 Å². The van der Waals surface area contributed by atoms with Gasteiger partial charge in [0, 0.05) is 54.4 Å². The average Bonchev–Trinajstić information content (AvgIpc) is 3.26. The molecule has 2 bridgehead atoms. The highest BCUT2D eigenvalue weighted by molar-refractivity contribution is 6.01. The molecule has 5 aromatic rings. The normalized spacial score (nSPS) is 22.1. The summed E-state index contributed by atoms with van der Waals surface area (Å²) in [5.74, 6) is 2.58. The molecule has 3 N–H and O–H groups in total. The van der Waals surface area contributed by atoms with Gasteiger partial charge < -0.3 is 29.8 Å². The summed E-state index contributed by atoms with van der Waals surface area (Å²) in [5.41, 5.74) is 15.0. The molecule has 4 heterocycles. The topological polar surface area (TPSA) is 107 Å². The first-order valence-corrected chi connectivity index (χ1v) is 16.0. The van der Waals surface area contributed by atoms with Crippen molar-refractivity contribution < 1.29 is 14.3 Å². The van der Waals surface area contributed by atoms with Crippen molar-refractivity contribution in [3.8, 4) is 28.4 Å². The zero-order valence-electron chi connectivity index (χ0n) is 25.5. The molecule has 2 aliphatic carbocycles. The molecule has 2 amide bonds. The fourth-order valence-electron chi connectivity index (χ4n) is 8.05. The number of ether oxygens (including phenoxy) is 1. The number of fused-ring (bicyclic) bond motifs is 5. The number of likely N-dealkylation sites (tertiary alicyclic amines) is 1. The predicted octanol–water partition coefficient (Wildman–Crippen LogP) is 5.34. The van der Waals surface area contributed by atoms with Crippen LogP contribution in [0.3, 0.4) is 0 Å². The van der Waals surface area contributed by atoms with Gasteiger partial charge in [0.1, 0.15) is 11.3 Å². The molecule has 9 heteroatoms. The van der Waals surface area contributed by atoms with Crippen LogP contribution in [0.25, 0.3) is 44.6 Å². The Morgan fingerprint density at radius 2 is 1.87 bits per heavy atom. The van der Waals surface area contributed by atoms with Crippen LogP contribution in [0.5, 0.6) is 5.75 Å². The van der Waals surface area contributed by atoms with Crippen LogP contribution in [0.15, 0.2) is 54.6 Å². The number of nitrogens with one attached hydrogen (secondary N) is 1. The van der Waals surface area contributed by atoms with Gasteiger partial charge in [0.05, 0.1) is 24.7 Å². The standard InChI is InChI=1S/C36H36N6O3/c1-40-34-27(12-25(15-31(34)45-2)36(44)42-18-23-8-10-28(42)33(23)37)39-35(40)30-14-22-6-5-21(13-29(22)41(30)17-19-3-4-19)20-7-9-26-24(11-20)16-32(43)38-26/h5-7,9,11-15,19,23,28,33H,3-4,8,10,16-18,37H2,1-2H3,(H,38,43)/t23?,28?,33-/m1/s1. The number of amides is 2. The molecule has 1 saturated heterocycles. The lowest BCUT2D eigenvalue weighted by Crippen LogP contribution is -2.41. The Morgan fingerprint density at radius 3 is 2.62 bits per heavy atom. The minimum Gasteiger partial charge on any atom is -0.494 e. The molecule has 3 fully saturated rings. The molecule has 2 aromatic heterocycles. The van der Waals surface area contributed by atoms with Crippen molar-refractivity contribution in [3.63, 3.8) is 0 Å². The number of carbonyl (C=O) groups is 2. The average molecular weight is 601 g/mol. The van der Waals surface area contributed by atoms with E-state index in [1.807, 2.05) is 30.1 Å². The third kappa shape index (κ3) is 4.13. The number of nitrogens with zero attached hydrogens (tertiary/aromatic N) is 4. The molecule has 0 radical (unpaired) electrons. The molecule has 9 rings (SSSR count). The molecular formula is C36H36N6O3. The maximum absolute atomic E-state index is 13.7. The Hall–Kier alpha value is -4.63. The van der Waals surface area contributed by atoms with Gasteiger partial charge in [0.25, 0.3) is 5.91 Å². The van der Waals surface area contributed by atoms with Gasteiger partial charge in [-0.1, -0.05) is 18.2 Å². The first-order chi connectivity index (χ1) is 21.9. The van der Waals surface area contributed by atoms with E-state index in [1.54, 1.807) is 7.11 Å². The highest BCUT2D eigenvalue weighted by atomic mass is 16.5. The number of hydrogen-bond acceptors (Lipinski definition) is 5. The van der Waals surface area contributed by atoms with E-state index in [2.05, 4.69) is 50.8 Å². The molecular weight excluding hydrogens is 564 g/mol.